The van der Waals surface area contributed by atoms with Gasteiger partial charge in [0.25, 0.3) is 5.91 Å². The maximum absolute atomic E-state index is 14.1. The van der Waals surface area contributed by atoms with Crippen LogP contribution in [0.3, 0.4) is 0 Å². The van der Waals surface area contributed by atoms with E-state index < -0.39 is 41.7 Å². The Morgan fingerprint density at radius 1 is 1.15 bits per heavy atom. The lowest BCUT2D eigenvalue weighted by atomic mass is 9.91. The van der Waals surface area contributed by atoms with E-state index in [4.69, 9.17) is 4.74 Å². The summed E-state index contributed by atoms with van der Waals surface area (Å²) < 4.78 is 47.1. The molecule has 4 rings (SSSR count). The summed E-state index contributed by atoms with van der Waals surface area (Å²) in [6.45, 7) is 8.18. The largest absolute Gasteiger partial charge is 0.466 e. The SMILES string of the molecule is CCOC(=O)C1CCCN(C(=O)C(CC(C)C)N2CC3=C(C2=O)C(c2ccccc2C(F)(F)F)NC(=O)N3CC)C1. The van der Waals surface area contributed by atoms with Gasteiger partial charge in [-0.25, -0.2) is 4.79 Å². The molecule has 9 nitrogen and oxygen atoms in total. The number of urea groups is 1. The zero-order chi connectivity index (χ0) is 30.1. The first-order valence-corrected chi connectivity index (χ1v) is 14.1. The maximum atomic E-state index is 14.1. The molecule has 0 spiro atoms. The summed E-state index contributed by atoms with van der Waals surface area (Å²) in [7, 11) is 0. The molecule has 3 unspecified atom stereocenters. The van der Waals surface area contributed by atoms with Crippen LogP contribution in [0.15, 0.2) is 35.5 Å². The minimum absolute atomic E-state index is 0.00353. The molecule has 1 fully saturated rings. The van der Waals surface area contributed by atoms with E-state index in [0.717, 1.165) is 6.07 Å². The van der Waals surface area contributed by atoms with E-state index in [9.17, 15) is 32.3 Å². The van der Waals surface area contributed by atoms with Gasteiger partial charge in [-0.1, -0.05) is 32.0 Å². The number of likely N-dealkylation sites (tertiary alicyclic amines) is 1. The molecule has 0 aliphatic carbocycles. The molecule has 3 heterocycles. The number of rotatable bonds is 8. The van der Waals surface area contributed by atoms with E-state index in [1.165, 1.54) is 28.0 Å². The van der Waals surface area contributed by atoms with Crippen molar-refractivity contribution in [3.8, 4) is 0 Å². The van der Waals surface area contributed by atoms with Gasteiger partial charge in [-0.15, -0.1) is 0 Å². The molecule has 1 N–H and O–H groups in total. The summed E-state index contributed by atoms with van der Waals surface area (Å²) in [6, 6.07) is 2.02. The predicted molar refractivity (Wildman–Crippen MR) is 143 cm³/mol. The molecule has 0 bridgehead atoms. The van der Waals surface area contributed by atoms with Crippen LogP contribution in [-0.2, 0) is 25.3 Å². The Bertz CT molecular complexity index is 1230. The number of benzene rings is 1. The molecule has 0 radical (unpaired) electrons. The van der Waals surface area contributed by atoms with Crippen LogP contribution in [0.4, 0.5) is 18.0 Å². The fourth-order valence-electron chi connectivity index (χ4n) is 5.99. The highest BCUT2D eigenvalue weighted by atomic mass is 19.4. The van der Waals surface area contributed by atoms with Crippen LogP contribution in [-0.4, -0.2) is 77.3 Å². The fourth-order valence-corrected chi connectivity index (χ4v) is 5.99. The van der Waals surface area contributed by atoms with E-state index in [-0.39, 0.29) is 55.2 Å². The molecule has 12 heteroatoms. The zero-order valence-corrected chi connectivity index (χ0v) is 23.8. The van der Waals surface area contributed by atoms with Crippen LogP contribution in [0.5, 0.6) is 0 Å². The minimum atomic E-state index is -4.70. The summed E-state index contributed by atoms with van der Waals surface area (Å²) in [5.41, 5.74) is -0.839. The summed E-state index contributed by atoms with van der Waals surface area (Å²) in [5.74, 6) is -1.74. The number of hydrogen-bond acceptors (Lipinski definition) is 5. The Labute approximate surface area is 237 Å². The zero-order valence-electron chi connectivity index (χ0n) is 23.8. The Kier molecular flexibility index (Phi) is 8.98. The highest BCUT2D eigenvalue weighted by Crippen LogP contribution is 2.42. The van der Waals surface area contributed by atoms with Gasteiger partial charge in [0.05, 0.1) is 41.9 Å². The van der Waals surface area contributed by atoms with Gasteiger partial charge < -0.3 is 19.9 Å². The predicted octanol–water partition coefficient (Wildman–Crippen LogP) is 4.10. The molecule has 0 saturated carbocycles. The first kappa shape index (κ1) is 30.4. The molecule has 0 aromatic heterocycles. The van der Waals surface area contributed by atoms with Crippen molar-refractivity contribution in [2.75, 3.05) is 32.8 Å². The monoisotopic (exact) mass is 578 g/mol. The Morgan fingerprint density at radius 2 is 1.85 bits per heavy atom. The molecule has 3 aliphatic rings. The molecule has 1 aromatic carbocycles. The van der Waals surface area contributed by atoms with Crippen LogP contribution in [0.1, 0.15) is 64.1 Å². The van der Waals surface area contributed by atoms with Gasteiger partial charge in [0.1, 0.15) is 6.04 Å². The Balaban J connectivity index is 1.70. The maximum Gasteiger partial charge on any atom is 0.416 e. The van der Waals surface area contributed by atoms with Gasteiger partial charge in [-0.3, -0.25) is 19.3 Å². The lowest BCUT2D eigenvalue weighted by Crippen LogP contribution is -2.53. The number of halogens is 3. The number of piperidine rings is 1. The smallest absolute Gasteiger partial charge is 0.416 e. The average molecular weight is 579 g/mol. The average Bonchev–Trinajstić information content (AvgIpc) is 3.27. The summed E-state index contributed by atoms with van der Waals surface area (Å²) >= 11 is 0. The van der Waals surface area contributed by atoms with Crippen molar-refractivity contribution in [2.45, 2.75) is 65.2 Å². The molecule has 224 valence electrons. The van der Waals surface area contributed by atoms with Crippen molar-refractivity contribution < 1.29 is 37.1 Å². The number of carbonyl (C=O) groups excluding carboxylic acids is 4. The van der Waals surface area contributed by atoms with Gasteiger partial charge in [0.2, 0.25) is 5.91 Å². The van der Waals surface area contributed by atoms with E-state index in [2.05, 4.69) is 5.32 Å². The fraction of sp³-hybridized carbons (Fsp3) is 0.586. The molecule has 41 heavy (non-hydrogen) atoms. The van der Waals surface area contributed by atoms with Crippen LogP contribution in [0.25, 0.3) is 0 Å². The van der Waals surface area contributed by atoms with Crippen molar-refractivity contribution >= 4 is 23.8 Å². The molecule has 1 aromatic rings. The summed E-state index contributed by atoms with van der Waals surface area (Å²) in [5, 5.41) is 2.61. The number of hydrogen-bond donors (Lipinski definition) is 1. The third-order valence-corrected chi connectivity index (χ3v) is 7.85. The van der Waals surface area contributed by atoms with E-state index in [0.29, 0.717) is 31.5 Å². The minimum Gasteiger partial charge on any atom is -0.466 e. The van der Waals surface area contributed by atoms with Gasteiger partial charge in [0, 0.05) is 19.6 Å². The number of amides is 4. The van der Waals surface area contributed by atoms with Crippen LogP contribution < -0.4 is 5.32 Å². The van der Waals surface area contributed by atoms with Crippen molar-refractivity contribution in [3.63, 3.8) is 0 Å². The number of esters is 1. The topological polar surface area (TPSA) is 99.3 Å². The van der Waals surface area contributed by atoms with E-state index in [1.807, 2.05) is 13.8 Å². The standard InChI is InChI=1S/C29H37F3N4O5/c1-5-35-22-16-36(21(14-17(3)4)25(37)34-13-9-10-18(15-34)27(39)41-6-2)26(38)23(22)24(33-28(35)40)19-11-7-8-12-20(19)29(30,31)32/h7-8,11-12,17-18,21,24H,5-6,9-10,13-16H2,1-4H3,(H,33,40). The normalized spacial score (nSPS) is 22.2. The summed E-state index contributed by atoms with van der Waals surface area (Å²) in [6.07, 6.45) is -3.20. The molecular formula is C29H37F3N4O5. The first-order valence-electron chi connectivity index (χ1n) is 14.1. The van der Waals surface area contributed by atoms with Gasteiger partial charge in [-0.2, -0.15) is 13.2 Å². The second-order valence-corrected chi connectivity index (χ2v) is 11.0. The van der Waals surface area contributed by atoms with Crippen molar-refractivity contribution in [2.24, 2.45) is 11.8 Å². The van der Waals surface area contributed by atoms with Gasteiger partial charge in [-0.05, 0) is 50.7 Å². The number of nitrogens with zero attached hydrogens (tertiary/aromatic N) is 3. The number of nitrogens with one attached hydrogen (secondary N) is 1. The molecule has 3 atom stereocenters. The van der Waals surface area contributed by atoms with Crippen LogP contribution in [0.2, 0.25) is 0 Å². The van der Waals surface area contributed by atoms with Crippen molar-refractivity contribution in [1.29, 1.82) is 0 Å². The van der Waals surface area contributed by atoms with Gasteiger partial charge in [0.15, 0.2) is 0 Å². The summed E-state index contributed by atoms with van der Waals surface area (Å²) in [4.78, 5) is 57.8. The third-order valence-electron chi connectivity index (χ3n) is 7.85. The highest BCUT2D eigenvalue weighted by molar-refractivity contribution is 6.03. The van der Waals surface area contributed by atoms with Crippen molar-refractivity contribution in [1.82, 2.24) is 20.0 Å². The molecular weight excluding hydrogens is 541 g/mol. The number of ether oxygens (including phenoxy) is 1. The molecule has 1 saturated heterocycles. The number of carbonyl (C=O) groups is 4. The Hall–Kier alpha value is -3.57. The van der Waals surface area contributed by atoms with Crippen molar-refractivity contribution in [3.05, 3.63) is 46.7 Å². The molecule has 4 amide bonds. The van der Waals surface area contributed by atoms with Crippen LogP contribution >= 0.6 is 0 Å². The third kappa shape index (κ3) is 6.06. The number of alkyl halides is 3. The first-order chi connectivity index (χ1) is 19.4. The lowest BCUT2D eigenvalue weighted by molar-refractivity contribution is -0.153. The molecule has 3 aliphatic heterocycles. The second kappa shape index (κ2) is 12.1. The lowest BCUT2D eigenvalue weighted by Gasteiger charge is -2.37. The van der Waals surface area contributed by atoms with E-state index in [1.54, 1.807) is 18.7 Å². The Morgan fingerprint density at radius 3 is 2.49 bits per heavy atom. The highest BCUT2D eigenvalue weighted by Gasteiger charge is 2.49. The van der Waals surface area contributed by atoms with E-state index >= 15 is 0 Å². The van der Waals surface area contributed by atoms with Crippen LogP contribution in [0, 0.1) is 11.8 Å². The van der Waals surface area contributed by atoms with Gasteiger partial charge >= 0.3 is 18.2 Å². The number of likely N-dealkylation sites (N-methyl/N-ethyl adjacent to an activating group) is 1. The quantitative estimate of drug-likeness (QED) is 0.469. The second-order valence-electron chi connectivity index (χ2n) is 11.0.